The van der Waals surface area contributed by atoms with Crippen molar-refractivity contribution in [2.75, 3.05) is 12.4 Å². The van der Waals surface area contributed by atoms with Crippen molar-refractivity contribution in [3.05, 3.63) is 64.8 Å². The van der Waals surface area contributed by atoms with Gasteiger partial charge in [-0.3, -0.25) is 10.1 Å². The summed E-state index contributed by atoms with van der Waals surface area (Å²) < 4.78 is 18.7. The lowest BCUT2D eigenvalue weighted by atomic mass is 10.1. The lowest BCUT2D eigenvalue weighted by Gasteiger charge is -2.05. The van der Waals surface area contributed by atoms with Crippen LogP contribution in [-0.2, 0) is 0 Å². The van der Waals surface area contributed by atoms with Crippen LogP contribution in [0.3, 0.4) is 0 Å². The number of aromatic nitrogens is 1. The fourth-order valence-corrected chi connectivity index (χ4v) is 3.00. The zero-order valence-corrected chi connectivity index (χ0v) is 14.0. The summed E-state index contributed by atoms with van der Waals surface area (Å²) in [6, 6.07) is 12.0. The molecule has 1 N–H and O–H groups in total. The summed E-state index contributed by atoms with van der Waals surface area (Å²) in [6.45, 7) is 1.88. The maximum absolute atomic E-state index is 13.8. The van der Waals surface area contributed by atoms with Crippen LogP contribution in [0.2, 0.25) is 0 Å². The van der Waals surface area contributed by atoms with Crippen LogP contribution in [0.4, 0.5) is 9.52 Å². The van der Waals surface area contributed by atoms with E-state index in [1.807, 2.05) is 25.1 Å². The van der Waals surface area contributed by atoms with Crippen molar-refractivity contribution in [1.82, 2.24) is 4.98 Å². The number of carbonyl (C=O) groups is 1. The Balaban J connectivity index is 1.80. The highest BCUT2D eigenvalue weighted by atomic mass is 32.1. The Morgan fingerprint density at radius 1 is 1.25 bits per heavy atom. The molecule has 0 saturated carbocycles. The van der Waals surface area contributed by atoms with Crippen molar-refractivity contribution >= 4 is 22.4 Å². The van der Waals surface area contributed by atoms with E-state index in [1.165, 1.54) is 24.5 Å². The number of hydrogen-bond acceptors (Lipinski definition) is 4. The number of nitrogens with one attached hydrogen (secondary N) is 1. The molecule has 0 aliphatic heterocycles. The standard InChI is InChI=1S/C18H15FN2O2S/c1-11-5-3-4-6-13(11)17(22)21-18-20-15(10-24-18)12-7-8-16(23-2)14(19)9-12/h3-10H,1-2H3,(H,20,21,22). The molecule has 0 aliphatic carbocycles. The monoisotopic (exact) mass is 342 g/mol. The van der Waals surface area contributed by atoms with Gasteiger partial charge in [-0.1, -0.05) is 18.2 Å². The van der Waals surface area contributed by atoms with Gasteiger partial charge in [0.05, 0.1) is 12.8 Å². The van der Waals surface area contributed by atoms with Gasteiger partial charge in [-0.25, -0.2) is 9.37 Å². The number of amides is 1. The lowest BCUT2D eigenvalue weighted by molar-refractivity contribution is 0.102. The molecule has 3 aromatic rings. The van der Waals surface area contributed by atoms with E-state index < -0.39 is 5.82 Å². The molecule has 0 atom stereocenters. The summed E-state index contributed by atoms with van der Waals surface area (Å²) >= 11 is 1.29. The fourth-order valence-electron chi connectivity index (χ4n) is 2.28. The van der Waals surface area contributed by atoms with E-state index in [0.29, 0.717) is 22.0 Å². The molecule has 0 aliphatic rings. The SMILES string of the molecule is COc1ccc(-c2csc(NC(=O)c3ccccc3C)n2)cc1F. The van der Waals surface area contributed by atoms with Gasteiger partial charge in [0.1, 0.15) is 0 Å². The Morgan fingerprint density at radius 3 is 2.75 bits per heavy atom. The van der Waals surface area contributed by atoms with E-state index in [2.05, 4.69) is 10.3 Å². The fraction of sp³-hybridized carbons (Fsp3) is 0.111. The van der Waals surface area contributed by atoms with Gasteiger partial charge in [0.25, 0.3) is 5.91 Å². The third-order valence-corrected chi connectivity index (χ3v) is 4.32. The minimum absolute atomic E-state index is 0.182. The van der Waals surface area contributed by atoms with Gasteiger partial charge in [0, 0.05) is 16.5 Å². The van der Waals surface area contributed by atoms with Gasteiger partial charge >= 0.3 is 0 Å². The van der Waals surface area contributed by atoms with E-state index in [0.717, 1.165) is 5.56 Å². The van der Waals surface area contributed by atoms with Gasteiger partial charge in [-0.05, 0) is 36.8 Å². The summed E-state index contributed by atoms with van der Waals surface area (Å²) in [5, 5.41) is 5.02. The highest BCUT2D eigenvalue weighted by Gasteiger charge is 2.12. The molecule has 0 bridgehead atoms. The number of methoxy groups -OCH3 is 1. The van der Waals surface area contributed by atoms with E-state index >= 15 is 0 Å². The number of aryl methyl sites for hydroxylation is 1. The zero-order valence-electron chi connectivity index (χ0n) is 13.2. The number of thiazole rings is 1. The predicted molar refractivity (Wildman–Crippen MR) is 93.2 cm³/mol. The van der Waals surface area contributed by atoms with Crippen LogP contribution in [0.25, 0.3) is 11.3 Å². The number of benzene rings is 2. The largest absolute Gasteiger partial charge is 0.494 e. The van der Waals surface area contributed by atoms with Gasteiger partial charge < -0.3 is 4.74 Å². The molecule has 1 aromatic heterocycles. The van der Waals surface area contributed by atoms with E-state index in [-0.39, 0.29) is 11.7 Å². The molecule has 1 amide bonds. The van der Waals surface area contributed by atoms with Crippen molar-refractivity contribution in [2.24, 2.45) is 0 Å². The Morgan fingerprint density at radius 2 is 2.04 bits per heavy atom. The minimum Gasteiger partial charge on any atom is -0.494 e. The van der Waals surface area contributed by atoms with E-state index in [9.17, 15) is 9.18 Å². The van der Waals surface area contributed by atoms with Crippen LogP contribution in [0.5, 0.6) is 5.75 Å². The molecule has 0 radical (unpaired) electrons. The number of rotatable bonds is 4. The number of carbonyl (C=O) groups excluding carboxylic acids is 1. The first-order chi connectivity index (χ1) is 11.6. The first-order valence-electron chi connectivity index (χ1n) is 7.25. The molecule has 0 saturated heterocycles. The quantitative estimate of drug-likeness (QED) is 0.758. The number of hydrogen-bond donors (Lipinski definition) is 1. The second-order valence-corrected chi connectivity index (χ2v) is 6.01. The second kappa shape index (κ2) is 6.80. The third-order valence-electron chi connectivity index (χ3n) is 3.56. The molecule has 6 heteroatoms. The van der Waals surface area contributed by atoms with Crippen molar-refractivity contribution in [3.63, 3.8) is 0 Å². The highest BCUT2D eigenvalue weighted by molar-refractivity contribution is 7.14. The summed E-state index contributed by atoms with van der Waals surface area (Å²) in [5.41, 5.74) is 2.72. The molecule has 1 heterocycles. The number of ether oxygens (including phenoxy) is 1. The number of halogens is 1. The molecule has 3 rings (SSSR count). The lowest BCUT2D eigenvalue weighted by Crippen LogP contribution is -2.12. The Labute approximate surface area is 142 Å². The Kier molecular flexibility index (Phi) is 4.57. The van der Waals surface area contributed by atoms with Crippen LogP contribution in [0, 0.1) is 12.7 Å². The molecular formula is C18H15FN2O2S. The van der Waals surface area contributed by atoms with E-state index in [4.69, 9.17) is 4.74 Å². The molecule has 122 valence electrons. The number of anilines is 1. The molecular weight excluding hydrogens is 327 g/mol. The zero-order chi connectivity index (χ0) is 17.1. The van der Waals surface area contributed by atoms with E-state index in [1.54, 1.807) is 23.6 Å². The average molecular weight is 342 g/mol. The summed E-state index contributed by atoms with van der Waals surface area (Å²) in [4.78, 5) is 16.6. The van der Waals surface area contributed by atoms with Gasteiger partial charge in [-0.2, -0.15) is 0 Å². The molecule has 0 unspecified atom stereocenters. The van der Waals surface area contributed by atoms with Gasteiger partial charge in [0.15, 0.2) is 16.7 Å². The van der Waals surface area contributed by atoms with Crippen molar-refractivity contribution in [1.29, 1.82) is 0 Å². The van der Waals surface area contributed by atoms with Crippen molar-refractivity contribution in [2.45, 2.75) is 6.92 Å². The van der Waals surface area contributed by atoms with Crippen molar-refractivity contribution in [3.8, 4) is 17.0 Å². The van der Waals surface area contributed by atoms with Crippen LogP contribution in [0.15, 0.2) is 47.8 Å². The number of nitrogens with zero attached hydrogens (tertiary/aromatic N) is 1. The highest BCUT2D eigenvalue weighted by Crippen LogP contribution is 2.28. The van der Waals surface area contributed by atoms with Crippen molar-refractivity contribution < 1.29 is 13.9 Å². The molecule has 4 nitrogen and oxygen atoms in total. The topological polar surface area (TPSA) is 51.2 Å². The second-order valence-electron chi connectivity index (χ2n) is 5.16. The Hall–Kier alpha value is -2.73. The molecule has 0 spiro atoms. The van der Waals surface area contributed by atoms with Gasteiger partial charge in [-0.15, -0.1) is 11.3 Å². The minimum atomic E-state index is -0.450. The molecule has 0 fully saturated rings. The third kappa shape index (κ3) is 3.28. The molecule has 2 aromatic carbocycles. The smallest absolute Gasteiger partial charge is 0.257 e. The normalized spacial score (nSPS) is 10.5. The van der Waals surface area contributed by atoms with Gasteiger partial charge in [0.2, 0.25) is 0 Å². The predicted octanol–water partition coefficient (Wildman–Crippen LogP) is 4.52. The first kappa shape index (κ1) is 16.1. The summed E-state index contributed by atoms with van der Waals surface area (Å²) in [5.74, 6) is -0.481. The first-order valence-corrected chi connectivity index (χ1v) is 8.13. The van der Waals surface area contributed by atoms with Crippen LogP contribution in [-0.4, -0.2) is 18.0 Å². The maximum Gasteiger partial charge on any atom is 0.257 e. The van der Waals surface area contributed by atoms with Crippen LogP contribution >= 0.6 is 11.3 Å². The average Bonchev–Trinajstić information content (AvgIpc) is 3.03. The summed E-state index contributed by atoms with van der Waals surface area (Å²) in [6.07, 6.45) is 0. The maximum atomic E-state index is 13.8. The van der Waals surface area contributed by atoms with Crippen LogP contribution < -0.4 is 10.1 Å². The summed E-state index contributed by atoms with van der Waals surface area (Å²) in [7, 11) is 1.42. The van der Waals surface area contributed by atoms with Crippen LogP contribution in [0.1, 0.15) is 15.9 Å². The molecule has 24 heavy (non-hydrogen) atoms. The Bertz CT molecular complexity index is 892.